The number of benzene rings is 2. The number of nitrogens with zero attached hydrogens (tertiary/aromatic N) is 4. The Morgan fingerprint density at radius 3 is 2.68 bits per heavy atom. The molecule has 2 aromatic carbocycles. The van der Waals surface area contributed by atoms with Gasteiger partial charge < -0.3 is 14.0 Å². The standard InChI is InChI=1S/C21H18ClFN4O2S2/c1-27-19(10-29-18-5-3-2-4-17(18)22)25-26-21(27)31-13-15-12-30-20(24-15)11-28-16-8-6-14(23)7-9-16/h2-9,12H,10-11,13H2,1H3. The number of ether oxygens (including phenoxy) is 2. The normalized spacial score (nSPS) is 10.9. The summed E-state index contributed by atoms with van der Waals surface area (Å²) in [6, 6.07) is 13.2. The van der Waals surface area contributed by atoms with Crippen LogP contribution >= 0.6 is 34.7 Å². The van der Waals surface area contributed by atoms with Gasteiger partial charge in [0.15, 0.2) is 11.0 Å². The maximum absolute atomic E-state index is 13.0. The Balaban J connectivity index is 1.28. The summed E-state index contributed by atoms with van der Waals surface area (Å²) < 4.78 is 26.2. The van der Waals surface area contributed by atoms with E-state index in [1.807, 2.05) is 35.2 Å². The molecule has 0 bridgehead atoms. The van der Waals surface area contributed by atoms with Gasteiger partial charge in [-0.05, 0) is 36.4 Å². The molecule has 0 atom stereocenters. The number of halogens is 2. The molecule has 4 aromatic rings. The van der Waals surface area contributed by atoms with Crippen molar-refractivity contribution in [3.8, 4) is 11.5 Å². The average Bonchev–Trinajstić information content (AvgIpc) is 3.38. The number of para-hydroxylation sites is 1. The summed E-state index contributed by atoms with van der Waals surface area (Å²) in [5.41, 5.74) is 0.935. The number of thioether (sulfide) groups is 1. The SMILES string of the molecule is Cn1c(COc2ccccc2Cl)nnc1SCc1csc(COc2ccc(F)cc2)n1. The number of thiazole rings is 1. The molecule has 0 amide bonds. The van der Waals surface area contributed by atoms with Gasteiger partial charge in [0.25, 0.3) is 0 Å². The molecule has 0 saturated carbocycles. The maximum Gasteiger partial charge on any atom is 0.191 e. The Morgan fingerprint density at radius 1 is 1.06 bits per heavy atom. The molecule has 2 heterocycles. The molecule has 0 saturated heterocycles. The van der Waals surface area contributed by atoms with E-state index >= 15 is 0 Å². The van der Waals surface area contributed by atoms with E-state index < -0.39 is 0 Å². The molecule has 0 aliphatic heterocycles. The molecule has 6 nitrogen and oxygen atoms in total. The molecule has 2 aromatic heterocycles. The highest BCUT2D eigenvalue weighted by Gasteiger charge is 2.12. The molecular weight excluding hydrogens is 459 g/mol. The van der Waals surface area contributed by atoms with Crippen LogP contribution in [0.3, 0.4) is 0 Å². The third-order valence-corrected chi connectivity index (χ3v) is 6.48. The van der Waals surface area contributed by atoms with Crippen molar-refractivity contribution in [2.75, 3.05) is 0 Å². The van der Waals surface area contributed by atoms with Crippen molar-refractivity contribution in [1.29, 1.82) is 0 Å². The quantitative estimate of drug-likeness (QED) is 0.297. The van der Waals surface area contributed by atoms with Gasteiger partial charge in [-0.2, -0.15) is 0 Å². The summed E-state index contributed by atoms with van der Waals surface area (Å²) in [7, 11) is 1.90. The molecule has 160 valence electrons. The van der Waals surface area contributed by atoms with Crippen LogP contribution in [-0.2, 0) is 26.0 Å². The topological polar surface area (TPSA) is 62.1 Å². The van der Waals surface area contributed by atoms with Gasteiger partial charge >= 0.3 is 0 Å². The van der Waals surface area contributed by atoms with Crippen LogP contribution in [0.25, 0.3) is 0 Å². The zero-order valence-electron chi connectivity index (χ0n) is 16.5. The number of aromatic nitrogens is 4. The van der Waals surface area contributed by atoms with E-state index in [-0.39, 0.29) is 12.4 Å². The Labute approximate surface area is 192 Å². The largest absolute Gasteiger partial charge is 0.486 e. The van der Waals surface area contributed by atoms with Crippen molar-refractivity contribution >= 4 is 34.7 Å². The highest BCUT2D eigenvalue weighted by Crippen LogP contribution is 2.26. The van der Waals surface area contributed by atoms with Crippen molar-refractivity contribution in [3.05, 3.63) is 81.3 Å². The minimum atomic E-state index is -0.289. The average molecular weight is 477 g/mol. The minimum absolute atomic E-state index is 0.273. The zero-order valence-corrected chi connectivity index (χ0v) is 18.9. The van der Waals surface area contributed by atoms with E-state index in [4.69, 9.17) is 21.1 Å². The number of rotatable bonds is 9. The summed E-state index contributed by atoms with van der Waals surface area (Å²) >= 11 is 9.19. The van der Waals surface area contributed by atoms with Crippen LogP contribution in [0.1, 0.15) is 16.5 Å². The first-order valence-corrected chi connectivity index (χ1v) is 11.5. The Kier molecular flexibility index (Phi) is 7.06. The molecule has 0 fully saturated rings. The molecule has 0 unspecified atom stereocenters. The first kappa shape index (κ1) is 21.6. The van der Waals surface area contributed by atoms with Crippen LogP contribution in [0.4, 0.5) is 4.39 Å². The molecule has 0 spiro atoms. The predicted molar refractivity (Wildman–Crippen MR) is 119 cm³/mol. The molecule has 0 N–H and O–H groups in total. The Hall–Kier alpha value is -2.62. The number of hydrogen-bond acceptors (Lipinski definition) is 7. The smallest absolute Gasteiger partial charge is 0.191 e. The van der Waals surface area contributed by atoms with E-state index in [1.165, 1.54) is 23.5 Å². The highest BCUT2D eigenvalue weighted by atomic mass is 35.5. The van der Waals surface area contributed by atoms with Gasteiger partial charge in [0, 0.05) is 18.2 Å². The lowest BCUT2D eigenvalue weighted by molar-refractivity contribution is 0.290. The fraction of sp³-hybridized carbons (Fsp3) is 0.190. The van der Waals surface area contributed by atoms with Crippen LogP contribution in [0.15, 0.2) is 59.1 Å². The van der Waals surface area contributed by atoms with Crippen LogP contribution in [-0.4, -0.2) is 19.7 Å². The first-order valence-electron chi connectivity index (χ1n) is 9.28. The first-order chi connectivity index (χ1) is 15.1. The number of hydrogen-bond donors (Lipinski definition) is 0. The van der Waals surface area contributed by atoms with E-state index in [1.54, 1.807) is 30.0 Å². The monoisotopic (exact) mass is 476 g/mol. The highest BCUT2D eigenvalue weighted by molar-refractivity contribution is 7.98. The molecule has 10 heteroatoms. The lowest BCUT2D eigenvalue weighted by Gasteiger charge is -2.07. The fourth-order valence-corrected chi connectivity index (χ4v) is 4.42. The fourth-order valence-electron chi connectivity index (χ4n) is 2.60. The molecule has 0 radical (unpaired) electrons. The molecule has 0 aliphatic carbocycles. The zero-order chi connectivity index (χ0) is 21.6. The van der Waals surface area contributed by atoms with Crippen LogP contribution < -0.4 is 9.47 Å². The minimum Gasteiger partial charge on any atom is -0.486 e. The van der Waals surface area contributed by atoms with Crippen LogP contribution in [0, 0.1) is 5.82 Å². The van der Waals surface area contributed by atoms with Crippen molar-refractivity contribution in [2.45, 2.75) is 24.1 Å². The van der Waals surface area contributed by atoms with Crippen molar-refractivity contribution in [2.24, 2.45) is 7.05 Å². The summed E-state index contributed by atoms with van der Waals surface area (Å²) in [5, 5.41) is 12.6. The molecule has 0 aliphatic rings. The lowest BCUT2D eigenvalue weighted by atomic mass is 10.3. The van der Waals surface area contributed by atoms with Gasteiger partial charge in [0.05, 0.1) is 10.7 Å². The van der Waals surface area contributed by atoms with E-state index in [2.05, 4.69) is 15.2 Å². The summed E-state index contributed by atoms with van der Waals surface area (Å²) in [4.78, 5) is 4.58. The van der Waals surface area contributed by atoms with Crippen LogP contribution in [0.2, 0.25) is 5.02 Å². The van der Waals surface area contributed by atoms with Gasteiger partial charge in [0.2, 0.25) is 0 Å². The molecular formula is C21H18ClFN4O2S2. The molecule has 4 rings (SSSR count). The lowest BCUT2D eigenvalue weighted by Crippen LogP contribution is -2.04. The van der Waals surface area contributed by atoms with Gasteiger partial charge in [-0.15, -0.1) is 21.5 Å². The summed E-state index contributed by atoms with van der Waals surface area (Å²) in [6.07, 6.45) is 0. The summed E-state index contributed by atoms with van der Waals surface area (Å²) in [6.45, 7) is 0.615. The second-order valence-electron chi connectivity index (χ2n) is 6.44. The van der Waals surface area contributed by atoms with Gasteiger partial charge in [-0.1, -0.05) is 35.5 Å². The van der Waals surface area contributed by atoms with Crippen LogP contribution in [0.5, 0.6) is 11.5 Å². The van der Waals surface area contributed by atoms with Gasteiger partial charge in [-0.25, -0.2) is 9.37 Å². The molecule has 31 heavy (non-hydrogen) atoms. The summed E-state index contributed by atoms with van der Waals surface area (Å²) in [5.74, 6) is 2.29. The Bertz CT molecular complexity index is 1150. The second kappa shape index (κ2) is 10.1. The second-order valence-corrected chi connectivity index (χ2v) is 8.73. The van der Waals surface area contributed by atoms with Crippen molar-refractivity contribution in [1.82, 2.24) is 19.7 Å². The third kappa shape index (κ3) is 5.75. The van der Waals surface area contributed by atoms with Crippen molar-refractivity contribution < 1.29 is 13.9 Å². The maximum atomic E-state index is 13.0. The predicted octanol–water partition coefficient (Wildman–Crippen LogP) is 5.51. The van der Waals surface area contributed by atoms with Gasteiger partial charge in [-0.3, -0.25) is 0 Å². The van der Waals surface area contributed by atoms with Crippen molar-refractivity contribution in [3.63, 3.8) is 0 Å². The van der Waals surface area contributed by atoms with Gasteiger partial charge in [0.1, 0.15) is 35.5 Å². The van der Waals surface area contributed by atoms with E-state index in [0.29, 0.717) is 34.7 Å². The van der Waals surface area contributed by atoms with E-state index in [9.17, 15) is 4.39 Å². The Morgan fingerprint density at radius 2 is 1.87 bits per heavy atom. The van der Waals surface area contributed by atoms with E-state index in [0.717, 1.165) is 15.9 Å². The third-order valence-electron chi connectivity index (χ3n) is 4.24.